The second-order valence-corrected chi connectivity index (χ2v) is 7.06. The zero-order valence-electron chi connectivity index (χ0n) is 10.8. The highest BCUT2D eigenvalue weighted by Crippen LogP contribution is 2.22. The Morgan fingerprint density at radius 3 is 2.75 bits per heavy atom. The number of hydrogen-bond donors (Lipinski definition) is 1. The summed E-state index contributed by atoms with van der Waals surface area (Å²) in [6.07, 6.45) is 1.12. The molecule has 0 fully saturated rings. The molecule has 1 heterocycles. The molecule has 0 aliphatic heterocycles. The van der Waals surface area contributed by atoms with Gasteiger partial charge in [0.15, 0.2) is 0 Å². The van der Waals surface area contributed by atoms with Crippen molar-refractivity contribution in [1.29, 1.82) is 0 Å². The summed E-state index contributed by atoms with van der Waals surface area (Å²) in [6.45, 7) is 0.0454. The summed E-state index contributed by atoms with van der Waals surface area (Å²) < 4.78 is 22.0. The molecule has 0 aliphatic rings. The van der Waals surface area contributed by atoms with E-state index in [-0.39, 0.29) is 18.0 Å². The maximum absolute atomic E-state index is 11.9. The predicted molar refractivity (Wildman–Crippen MR) is 78.8 cm³/mol. The van der Waals surface area contributed by atoms with Crippen molar-refractivity contribution in [3.63, 3.8) is 0 Å². The lowest BCUT2D eigenvalue weighted by molar-refractivity contribution is 0.0951. The Morgan fingerprint density at radius 2 is 2.05 bits per heavy atom. The van der Waals surface area contributed by atoms with E-state index in [1.807, 2.05) is 12.1 Å². The minimum Gasteiger partial charge on any atom is -0.350 e. The van der Waals surface area contributed by atoms with E-state index in [0.717, 1.165) is 11.6 Å². The highest BCUT2D eigenvalue weighted by molar-refractivity contribution is 7.90. The van der Waals surface area contributed by atoms with Crippen LogP contribution in [0.4, 0.5) is 0 Å². The molecule has 0 spiro atoms. The molecule has 2 rings (SSSR count). The summed E-state index contributed by atoms with van der Waals surface area (Å²) in [6, 6.07) is 8.68. The van der Waals surface area contributed by atoms with Crippen molar-refractivity contribution >= 4 is 38.2 Å². The van der Waals surface area contributed by atoms with Gasteiger partial charge >= 0.3 is 0 Å². The van der Waals surface area contributed by atoms with Crippen LogP contribution in [0.5, 0.6) is 0 Å². The Kier molecular flexibility index (Phi) is 4.25. The number of fused-ring (bicyclic) bond motifs is 1. The van der Waals surface area contributed by atoms with Gasteiger partial charge in [-0.3, -0.25) is 4.79 Å². The number of carbonyl (C=O) groups is 1. The van der Waals surface area contributed by atoms with Crippen LogP contribution in [-0.4, -0.2) is 37.9 Å². The number of halogens is 1. The van der Waals surface area contributed by atoms with Gasteiger partial charge in [0.1, 0.15) is 15.5 Å². The standard InChI is InChI=1S/C13H13ClN2O3S/c1-20(18,19)7-6-15-13(17)12-8-10(14)9-4-2-3-5-11(9)16-12/h2-5,8H,6-7H2,1H3,(H,15,17). The summed E-state index contributed by atoms with van der Waals surface area (Å²) in [4.78, 5) is 16.1. The zero-order valence-corrected chi connectivity index (χ0v) is 12.3. The molecule has 0 unspecified atom stereocenters. The van der Waals surface area contributed by atoms with Crippen molar-refractivity contribution in [2.24, 2.45) is 0 Å². The normalized spacial score (nSPS) is 11.5. The molecule has 7 heteroatoms. The monoisotopic (exact) mass is 312 g/mol. The summed E-state index contributed by atoms with van der Waals surface area (Å²) in [7, 11) is -3.11. The molecule has 1 amide bonds. The number of nitrogens with one attached hydrogen (secondary N) is 1. The largest absolute Gasteiger partial charge is 0.350 e. The predicted octanol–water partition coefficient (Wildman–Crippen LogP) is 1.66. The number of nitrogens with zero attached hydrogens (tertiary/aromatic N) is 1. The van der Waals surface area contributed by atoms with E-state index < -0.39 is 15.7 Å². The van der Waals surface area contributed by atoms with Gasteiger partial charge in [0.2, 0.25) is 0 Å². The van der Waals surface area contributed by atoms with Crippen molar-refractivity contribution < 1.29 is 13.2 Å². The van der Waals surface area contributed by atoms with Crippen molar-refractivity contribution in [3.05, 3.63) is 41.0 Å². The van der Waals surface area contributed by atoms with Crippen LogP contribution < -0.4 is 5.32 Å². The third kappa shape index (κ3) is 3.68. The Hall–Kier alpha value is -1.66. The second kappa shape index (κ2) is 5.76. The van der Waals surface area contributed by atoms with Crippen LogP contribution in [0, 0.1) is 0 Å². The van der Waals surface area contributed by atoms with Gasteiger partial charge < -0.3 is 5.32 Å². The first kappa shape index (κ1) is 14.7. The first-order valence-corrected chi connectivity index (χ1v) is 8.32. The molecule has 5 nitrogen and oxygen atoms in total. The summed E-state index contributed by atoms with van der Waals surface area (Å²) in [5.41, 5.74) is 0.787. The van der Waals surface area contributed by atoms with Crippen molar-refractivity contribution in [2.45, 2.75) is 0 Å². The Bertz CT molecular complexity index is 759. The number of hydrogen-bond acceptors (Lipinski definition) is 4. The van der Waals surface area contributed by atoms with Gasteiger partial charge in [-0.2, -0.15) is 0 Å². The van der Waals surface area contributed by atoms with E-state index in [1.54, 1.807) is 12.1 Å². The second-order valence-electron chi connectivity index (χ2n) is 4.39. The van der Waals surface area contributed by atoms with Crippen LogP contribution >= 0.6 is 11.6 Å². The minimum absolute atomic E-state index is 0.0454. The molecule has 106 valence electrons. The summed E-state index contributed by atoms with van der Waals surface area (Å²) in [5.74, 6) is -0.554. The maximum Gasteiger partial charge on any atom is 0.269 e. The lowest BCUT2D eigenvalue weighted by Crippen LogP contribution is -2.29. The molecule has 0 atom stereocenters. The summed E-state index contributed by atoms with van der Waals surface area (Å²) in [5, 5.41) is 3.71. The average Bonchev–Trinajstić information content (AvgIpc) is 2.37. The Balaban J connectivity index is 2.18. The Morgan fingerprint density at radius 1 is 1.35 bits per heavy atom. The van der Waals surface area contributed by atoms with Crippen LogP contribution in [0.25, 0.3) is 10.9 Å². The molecule has 1 N–H and O–H groups in total. The molecule has 0 saturated heterocycles. The number of sulfone groups is 1. The van der Waals surface area contributed by atoms with E-state index in [4.69, 9.17) is 11.6 Å². The molecule has 0 saturated carbocycles. The minimum atomic E-state index is -3.11. The zero-order chi connectivity index (χ0) is 14.8. The van der Waals surface area contributed by atoms with Gasteiger partial charge in [-0.1, -0.05) is 29.8 Å². The van der Waals surface area contributed by atoms with E-state index >= 15 is 0 Å². The number of rotatable bonds is 4. The highest BCUT2D eigenvalue weighted by atomic mass is 35.5. The number of para-hydroxylation sites is 1. The van der Waals surface area contributed by atoms with Crippen molar-refractivity contribution in [3.8, 4) is 0 Å². The number of amides is 1. The van der Waals surface area contributed by atoms with Gasteiger partial charge in [-0.05, 0) is 12.1 Å². The first-order valence-electron chi connectivity index (χ1n) is 5.88. The van der Waals surface area contributed by atoms with Crippen molar-refractivity contribution in [1.82, 2.24) is 10.3 Å². The molecular formula is C13H13ClN2O3S. The van der Waals surface area contributed by atoms with E-state index in [2.05, 4.69) is 10.3 Å². The Labute approximate surface area is 121 Å². The van der Waals surface area contributed by atoms with E-state index in [0.29, 0.717) is 10.5 Å². The van der Waals surface area contributed by atoms with Crippen LogP contribution in [0.1, 0.15) is 10.5 Å². The van der Waals surface area contributed by atoms with Crippen LogP contribution in [-0.2, 0) is 9.84 Å². The van der Waals surface area contributed by atoms with Gasteiger partial charge in [0.05, 0.1) is 16.3 Å². The van der Waals surface area contributed by atoms with Gasteiger partial charge in [0.25, 0.3) is 5.91 Å². The molecular weight excluding hydrogens is 300 g/mol. The smallest absolute Gasteiger partial charge is 0.269 e. The first-order chi connectivity index (χ1) is 9.37. The number of benzene rings is 1. The highest BCUT2D eigenvalue weighted by Gasteiger charge is 2.11. The number of pyridine rings is 1. The fraction of sp³-hybridized carbons (Fsp3) is 0.231. The molecule has 0 radical (unpaired) electrons. The van der Waals surface area contributed by atoms with Gasteiger partial charge in [0, 0.05) is 18.2 Å². The molecule has 20 heavy (non-hydrogen) atoms. The van der Waals surface area contributed by atoms with Crippen LogP contribution in [0.15, 0.2) is 30.3 Å². The van der Waals surface area contributed by atoms with Crippen LogP contribution in [0.2, 0.25) is 5.02 Å². The number of carbonyl (C=O) groups excluding carboxylic acids is 1. The third-order valence-corrected chi connectivity index (χ3v) is 3.92. The lowest BCUT2D eigenvalue weighted by atomic mass is 10.2. The molecule has 1 aromatic heterocycles. The lowest BCUT2D eigenvalue weighted by Gasteiger charge is -2.06. The fourth-order valence-corrected chi connectivity index (χ4v) is 2.43. The van der Waals surface area contributed by atoms with Crippen molar-refractivity contribution in [2.75, 3.05) is 18.6 Å². The molecule has 1 aromatic carbocycles. The topological polar surface area (TPSA) is 76.1 Å². The maximum atomic E-state index is 11.9. The molecule has 2 aromatic rings. The molecule has 0 aliphatic carbocycles. The average molecular weight is 313 g/mol. The van der Waals surface area contributed by atoms with Gasteiger partial charge in [-0.15, -0.1) is 0 Å². The SMILES string of the molecule is CS(=O)(=O)CCNC(=O)c1cc(Cl)c2ccccc2n1. The molecule has 0 bridgehead atoms. The van der Waals surface area contributed by atoms with E-state index in [9.17, 15) is 13.2 Å². The van der Waals surface area contributed by atoms with Gasteiger partial charge in [-0.25, -0.2) is 13.4 Å². The van der Waals surface area contributed by atoms with Crippen LogP contribution in [0.3, 0.4) is 0 Å². The third-order valence-electron chi connectivity index (χ3n) is 2.66. The number of aromatic nitrogens is 1. The quantitative estimate of drug-likeness (QED) is 0.931. The summed E-state index contributed by atoms with van der Waals surface area (Å²) >= 11 is 6.10. The fourth-order valence-electron chi connectivity index (χ4n) is 1.69. The van der Waals surface area contributed by atoms with E-state index in [1.165, 1.54) is 6.07 Å².